The van der Waals surface area contributed by atoms with Crippen molar-refractivity contribution in [1.29, 1.82) is 0 Å². The summed E-state index contributed by atoms with van der Waals surface area (Å²) in [4.78, 5) is 12.4. The zero-order chi connectivity index (χ0) is 21.6. The molecule has 0 aliphatic carbocycles. The van der Waals surface area contributed by atoms with Crippen LogP contribution < -0.4 is 9.62 Å². The molecule has 30 heavy (non-hydrogen) atoms. The van der Waals surface area contributed by atoms with Gasteiger partial charge in [0.1, 0.15) is 18.1 Å². The topological polar surface area (TPSA) is 79.6 Å². The second-order valence-electron chi connectivity index (χ2n) is 6.83. The molecular formula is C22H23FN2O4S. The van der Waals surface area contributed by atoms with Crippen LogP contribution in [0.15, 0.2) is 76.2 Å². The minimum atomic E-state index is -4.05. The number of furan rings is 1. The molecule has 0 aliphatic heterocycles. The summed E-state index contributed by atoms with van der Waals surface area (Å²) >= 11 is 0. The maximum absolute atomic E-state index is 13.2. The molecule has 158 valence electrons. The molecule has 0 fully saturated rings. The number of carbonyl (C=O) groups excluding carboxylic acids is 1. The maximum Gasteiger partial charge on any atom is 0.264 e. The van der Waals surface area contributed by atoms with Crippen molar-refractivity contribution in [2.24, 2.45) is 0 Å². The van der Waals surface area contributed by atoms with E-state index in [4.69, 9.17) is 4.42 Å². The number of amides is 1. The van der Waals surface area contributed by atoms with Gasteiger partial charge in [0.05, 0.1) is 16.8 Å². The lowest BCUT2D eigenvalue weighted by molar-refractivity contribution is -0.119. The third-order valence-corrected chi connectivity index (χ3v) is 6.30. The van der Waals surface area contributed by atoms with Crippen molar-refractivity contribution in [2.45, 2.75) is 24.7 Å². The number of nitrogens with zero attached hydrogens (tertiary/aromatic N) is 1. The van der Waals surface area contributed by atoms with Crippen LogP contribution in [0.3, 0.4) is 0 Å². The molecule has 0 aliphatic rings. The van der Waals surface area contributed by atoms with Gasteiger partial charge in [0, 0.05) is 13.0 Å². The molecule has 1 heterocycles. The summed E-state index contributed by atoms with van der Waals surface area (Å²) in [7, 11) is -4.05. The summed E-state index contributed by atoms with van der Waals surface area (Å²) in [6.07, 6.45) is 2.92. The Kier molecular flexibility index (Phi) is 6.89. The van der Waals surface area contributed by atoms with E-state index in [-0.39, 0.29) is 11.4 Å². The molecule has 0 spiro atoms. The first-order valence-corrected chi connectivity index (χ1v) is 10.9. The summed E-state index contributed by atoms with van der Waals surface area (Å²) in [5, 5.41) is 2.74. The van der Waals surface area contributed by atoms with Crippen LogP contribution in [-0.2, 0) is 21.2 Å². The highest BCUT2D eigenvalue weighted by atomic mass is 32.2. The summed E-state index contributed by atoms with van der Waals surface area (Å²) in [6.45, 7) is 1.88. The molecule has 0 radical (unpaired) electrons. The summed E-state index contributed by atoms with van der Waals surface area (Å²) in [5.74, 6) is -0.143. The average Bonchev–Trinajstić information content (AvgIpc) is 3.24. The van der Waals surface area contributed by atoms with E-state index < -0.39 is 21.7 Å². The predicted molar refractivity (Wildman–Crippen MR) is 112 cm³/mol. The Balaban J connectivity index is 1.73. The first kappa shape index (κ1) is 21.6. The number of carbonyl (C=O) groups is 1. The number of halogens is 1. The predicted octanol–water partition coefficient (Wildman–Crippen LogP) is 3.67. The Morgan fingerprint density at radius 2 is 1.77 bits per heavy atom. The molecule has 0 bridgehead atoms. The Morgan fingerprint density at radius 1 is 1.07 bits per heavy atom. The van der Waals surface area contributed by atoms with E-state index in [9.17, 15) is 17.6 Å². The van der Waals surface area contributed by atoms with Crippen LogP contribution in [-0.4, -0.2) is 27.4 Å². The molecule has 3 rings (SSSR count). The minimum Gasteiger partial charge on any atom is -0.469 e. The Bertz CT molecular complexity index is 1060. The van der Waals surface area contributed by atoms with Crippen molar-refractivity contribution < 1.29 is 22.0 Å². The Hall–Kier alpha value is -3.13. The molecule has 0 saturated heterocycles. The number of rotatable bonds is 9. The van der Waals surface area contributed by atoms with Crippen LogP contribution in [0.5, 0.6) is 0 Å². The molecule has 1 amide bonds. The van der Waals surface area contributed by atoms with Crippen molar-refractivity contribution in [3.8, 4) is 0 Å². The lowest BCUT2D eigenvalue weighted by Gasteiger charge is -2.24. The molecular weight excluding hydrogens is 407 g/mol. The highest BCUT2D eigenvalue weighted by Gasteiger charge is 2.27. The number of hydrogen-bond acceptors (Lipinski definition) is 4. The summed E-state index contributed by atoms with van der Waals surface area (Å²) in [6, 6.07) is 15.0. The molecule has 6 nitrogen and oxygen atoms in total. The molecule has 2 aromatic carbocycles. The maximum atomic E-state index is 13.2. The van der Waals surface area contributed by atoms with Crippen LogP contribution in [0.4, 0.5) is 10.1 Å². The zero-order valence-electron chi connectivity index (χ0n) is 16.5. The molecule has 8 heteroatoms. The van der Waals surface area contributed by atoms with Gasteiger partial charge in [-0.1, -0.05) is 17.7 Å². The Labute approximate surface area is 175 Å². The first-order chi connectivity index (χ1) is 14.4. The van der Waals surface area contributed by atoms with Crippen molar-refractivity contribution in [1.82, 2.24) is 5.32 Å². The second-order valence-corrected chi connectivity index (χ2v) is 8.70. The number of nitrogens with one attached hydrogen (secondary N) is 1. The zero-order valence-corrected chi connectivity index (χ0v) is 17.4. The molecule has 1 N–H and O–H groups in total. The number of hydrogen-bond donors (Lipinski definition) is 1. The van der Waals surface area contributed by atoms with Gasteiger partial charge in [-0.15, -0.1) is 0 Å². The van der Waals surface area contributed by atoms with Crippen LogP contribution in [0.25, 0.3) is 0 Å². The Morgan fingerprint density at radius 3 is 2.40 bits per heavy atom. The minimum absolute atomic E-state index is 0.0879. The average molecular weight is 431 g/mol. The number of benzene rings is 2. The van der Waals surface area contributed by atoms with Gasteiger partial charge in [-0.05, 0) is 61.9 Å². The highest BCUT2D eigenvalue weighted by molar-refractivity contribution is 7.92. The van der Waals surface area contributed by atoms with E-state index in [0.717, 1.165) is 27.8 Å². The van der Waals surface area contributed by atoms with Gasteiger partial charge in [0.25, 0.3) is 10.0 Å². The standard InChI is InChI=1S/C22H23FN2O4S/c1-17-6-10-19(11-7-17)25(30(27,28)21-12-8-18(23)9-13-21)16-22(26)24-14-2-4-20-5-3-15-29-20/h3,5-13,15H,2,4,14,16H2,1H3,(H,24,26). The third-order valence-electron chi connectivity index (χ3n) is 4.51. The quantitative estimate of drug-likeness (QED) is 0.526. The van der Waals surface area contributed by atoms with Crippen molar-refractivity contribution in [3.63, 3.8) is 0 Å². The molecule has 1 aromatic heterocycles. The van der Waals surface area contributed by atoms with Gasteiger partial charge in [0.2, 0.25) is 5.91 Å². The van der Waals surface area contributed by atoms with E-state index in [2.05, 4.69) is 5.32 Å². The molecule has 3 aromatic rings. The smallest absolute Gasteiger partial charge is 0.264 e. The fraction of sp³-hybridized carbons (Fsp3) is 0.227. The van der Waals surface area contributed by atoms with Crippen LogP contribution in [0.2, 0.25) is 0 Å². The third kappa shape index (κ3) is 5.48. The summed E-state index contributed by atoms with van der Waals surface area (Å²) in [5.41, 5.74) is 1.32. The van der Waals surface area contributed by atoms with Crippen molar-refractivity contribution in [2.75, 3.05) is 17.4 Å². The monoisotopic (exact) mass is 430 g/mol. The summed E-state index contributed by atoms with van der Waals surface area (Å²) < 4.78 is 45.8. The lowest BCUT2D eigenvalue weighted by Crippen LogP contribution is -2.41. The fourth-order valence-electron chi connectivity index (χ4n) is 2.89. The van der Waals surface area contributed by atoms with Crippen LogP contribution in [0, 0.1) is 12.7 Å². The number of aryl methyl sites for hydroxylation is 2. The second kappa shape index (κ2) is 9.58. The van der Waals surface area contributed by atoms with Crippen molar-refractivity contribution in [3.05, 3.63) is 84.1 Å². The SMILES string of the molecule is Cc1ccc(N(CC(=O)NCCCc2ccco2)S(=O)(=O)c2ccc(F)cc2)cc1. The van der Waals surface area contributed by atoms with Gasteiger partial charge in [-0.2, -0.15) is 0 Å². The van der Waals surface area contributed by atoms with Crippen molar-refractivity contribution >= 4 is 21.6 Å². The van der Waals surface area contributed by atoms with Gasteiger partial charge in [-0.25, -0.2) is 12.8 Å². The van der Waals surface area contributed by atoms with E-state index in [1.807, 2.05) is 13.0 Å². The first-order valence-electron chi connectivity index (χ1n) is 9.50. The van der Waals surface area contributed by atoms with E-state index in [1.165, 1.54) is 12.1 Å². The van der Waals surface area contributed by atoms with E-state index >= 15 is 0 Å². The van der Waals surface area contributed by atoms with Crippen LogP contribution in [0.1, 0.15) is 17.7 Å². The lowest BCUT2D eigenvalue weighted by atomic mass is 10.2. The van der Waals surface area contributed by atoms with Gasteiger partial charge in [0.15, 0.2) is 0 Å². The highest BCUT2D eigenvalue weighted by Crippen LogP contribution is 2.24. The normalized spacial score (nSPS) is 11.3. The molecule has 0 atom stereocenters. The number of anilines is 1. The van der Waals surface area contributed by atoms with E-state index in [1.54, 1.807) is 36.6 Å². The van der Waals surface area contributed by atoms with Gasteiger partial charge < -0.3 is 9.73 Å². The van der Waals surface area contributed by atoms with Gasteiger partial charge >= 0.3 is 0 Å². The molecule has 0 unspecified atom stereocenters. The van der Waals surface area contributed by atoms with E-state index in [0.29, 0.717) is 25.1 Å². The largest absolute Gasteiger partial charge is 0.469 e. The fourth-order valence-corrected chi connectivity index (χ4v) is 4.31. The van der Waals surface area contributed by atoms with Gasteiger partial charge in [-0.3, -0.25) is 9.10 Å². The van der Waals surface area contributed by atoms with Crippen LogP contribution >= 0.6 is 0 Å². The number of sulfonamides is 1. The molecule has 0 saturated carbocycles.